The highest BCUT2D eigenvalue weighted by atomic mass is 16.5. The van der Waals surface area contributed by atoms with Gasteiger partial charge in [0.15, 0.2) is 0 Å². The number of nitrogens with zero attached hydrogens (tertiary/aromatic N) is 4. The molecule has 2 amide bonds. The average Bonchev–Trinajstić information content (AvgIpc) is 3.68. The zero-order valence-electron chi connectivity index (χ0n) is 23.1. The van der Waals surface area contributed by atoms with Crippen molar-refractivity contribution in [1.82, 2.24) is 24.8 Å². The second kappa shape index (κ2) is 10.6. The summed E-state index contributed by atoms with van der Waals surface area (Å²) >= 11 is 0. The third-order valence-electron chi connectivity index (χ3n) is 7.48. The van der Waals surface area contributed by atoms with Gasteiger partial charge in [-0.25, -0.2) is 9.97 Å². The number of carbonyl (C=O) groups is 2. The van der Waals surface area contributed by atoms with Crippen LogP contribution in [0.4, 0.5) is 5.82 Å². The second-order valence-corrected chi connectivity index (χ2v) is 10.9. The number of fused-ring (bicyclic) bond motifs is 1. The maximum Gasteiger partial charge on any atom is 0.257 e. The van der Waals surface area contributed by atoms with Crippen LogP contribution in [0.2, 0.25) is 0 Å². The summed E-state index contributed by atoms with van der Waals surface area (Å²) in [7, 11) is 1.86. The minimum atomic E-state index is -0.0226. The van der Waals surface area contributed by atoms with Gasteiger partial charge in [-0.15, -0.1) is 0 Å². The van der Waals surface area contributed by atoms with Crippen LogP contribution in [0.25, 0.3) is 22.2 Å². The summed E-state index contributed by atoms with van der Waals surface area (Å²) in [5.41, 5.74) is 4.74. The zero-order chi connectivity index (χ0) is 27.8. The first kappa shape index (κ1) is 25.9. The Bertz CT molecular complexity index is 1570. The Kier molecular flexibility index (Phi) is 6.88. The van der Waals surface area contributed by atoms with Crippen molar-refractivity contribution in [3.63, 3.8) is 0 Å². The number of amides is 2. The van der Waals surface area contributed by atoms with Crippen LogP contribution < -0.4 is 10.1 Å². The van der Waals surface area contributed by atoms with Gasteiger partial charge in [0.1, 0.15) is 17.2 Å². The van der Waals surface area contributed by atoms with Gasteiger partial charge >= 0.3 is 0 Å². The van der Waals surface area contributed by atoms with Crippen molar-refractivity contribution in [2.45, 2.75) is 51.8 Å². The largest absolute Gasteiger partial charge is 0.491 e. The standard InChI is InChI=1S/C31H34N6O3/c1-19(2)40-24-13-20(16-33-28-25(6-4-9-32-28)31(39)36(3)23-7-8-23)12-21(14-24)27-18-35-29-26(27)15-22(17-34-29)30(38)37-10-5-11-37/h4,6,9,12-15,17-19,23H,5,7-8,10-11,16H2,1-3H3,(H,32,33)(H,34,35). The van der Waals surface area contributed by atoms with Crippen molar-refractivity contribution in [1.29, 1.82) is 0 Å². The molecule has 1 aliphatic carbocycles. The molecule has 6 rings (SSSR count). The average molecular weight is 539 g/mol. The van der Waals surface area contributed by atoms with E-state index in [9.17, 15) is 9.59 Å². The Hall–Kier alpha value is -4.40. The summed E-state index contributed by atoms with van der Waals surface area (Å²) < 4.78 is 6.11. The molecular formula is C31H34N6O3. The van der Waals surface area contributed by atoms with Gasteiger partial charge in [-0.1, -0.05) is 0 Å². The Labute approximate surface area is 233 Å². The fraction of sp³-hybridized carbons (Fsp3) is 0.355. The topological polar surface area (TPSA) is 103 Å². The molecule has 0 unspecified atom stereocenters. The summed E-state index contributed by atoms with van der Waals surface area (Å²) in [6, 6.07) is 12.0. The van der Waals surface area contributed by atoms with Gasteiger partial charge in [-0.3, -0.25) is 9.59 Å². The molecule has 0 bridgehead atoms. The van der Waals surface area contributed by atoms with Gasteiger partial charge in [0.25, 0.3) is 11.8 Å². The van der Waals surface area contributed by atoms with Gasteiger partial charge in [0.05, 0.1) is 17.2 Å². The van der Waals surface area contributed by atoms with E-state index in [2.05, 4.69) is 26.3 Å². The summed E-state index contributed by atoms with van der Waals surface area (Å²) in [5.74, 6) is 1.29. The number of pyridine rings is 2. The lowest BCUT2D eigenvalue weighted by Crippen LogP contribution is -2.42. The number of aromatic nitrogens is 3. The van der Waals surface area contributed by atoms with E-state index in [1.165, 1.54) is 0 Å². The minimum Gasteiger partial charge on any atom is -0.491 e. The van der Waals surface area contributed by atoms with Crippen LogP contribution >= 0.6 is 0 Å². The summed E-state index contributed by atoms with van der Waals surface area (Å²) in [4.78, 5) is 41.9. The number of hydrogen-bond acceptors (Lipinski definition) is 6. The Morgan fingerprint density at radius 2 is 2.00 bits per heavy atom. The molecule has 40 heavy (non-hydrogen) atoms. The van der Waals surface area contributed by atoms with E-state index in [1.54, 1.807) is 18.5 Å². The summed E-state index contributed by atoms with van der Waals surface area (Å²) in [6.07, 6.45) is 8.40. The van der Waals surface area contributed by atoms with Crippen LogP contribution in [0.3, 0.4) is 0 Å². The third-order valence-corrected chi connectivity index (χ3v) is 7.48. The maximum atomic E-state index is 13.1. The highest BCUT2D eigenvalue weighted by Crippen LogP contribution is 2.33. The van der Waals surface area contributed by atoms with Crippen molar-refractivity contribution in [3.8, 4) is 16.9 Å². The van der Waals surface area contributed by atoms with Gasteiger partial charge in [-0.05, 0) is 80.6 Å². The molecule has 2 N–H and O–H groups in total. The predicted molar refractivity (Wildman–Crippen MR) is 154 cm³/mol. The lowest BCUT2D eigenvalue weighted by molar-refractivity contribution is 0.0651. The molecule has 1 aromatic carbocycles. The number of hydrogen-bond donors (Lipinski definition) is 2. The molecule has 2 fully saturated rings. The third kappa shape index (κ3) is 5.23. The number of likely N-dealkylation sites (tertiary alicyclic amines) is 1. The molecule has 3 aromatic heterocycles. The van der Waals surface area contributed by atoms with E-state index < -0.39 is 0 Å². The van der Waals surface area contributed by atoms with Crippen LogP contribution in [0.1, 0.15) is 59.4 Å². The first-order chi connectivity index (χ1) is 19.4. The number of carbonyl (C=O) groups excluding carboxylic acids is 2. The van der Waals surface area contributed by atoms with E-state index >= 15 is 0 Å². The van der Waals surface area contributed by atoms with Crippen molar-refractivity contribution in [3.05, 3.63) is 71.7 Å². The molecule has 9 nitrogen and oxygen atoms in total. The van der Waals surface area contributed by atoms with Crippen LogP contribution in [0, 0.1) is 0 Å². The fourth-order valence-corrected chi connectivity index (χ4v) is 5.04. The molecule has 206 valence electrons. The first-order valence-electron chi connectivity index (χ1n) is 13.9. The SMILES string of the molecule is CC(C)Oc1cc(CNc2ncccc2C(=O)N(C)C2CC2)cc(-c2c[nH]c3ncc(C(=O)N4CCC4)cc23)c1. The molecule has 0 atom stereocenters. The van der Waals surface area contributed by atoms with Crippen LogP contribution in [-0.2, 0) is 6.54 Å². The normalized spacial score (nSPS) is 14.8. The number of ether oxygens (including phenoxy) is 1. The molecule has 4 heterocycles. The van der Waals surface area contributed by atoms with E-state index in [4.69, 9.17) is 4.74 Å². The van der Waals surface area contributed by atoms with Gasteiger partial charge in [-0.2, -0.15) is 0 Å². The van der Waals surface area contributed by atoms with Gasteiger partial charge in [0, 0.05) is 62.3 Å². The molecule has 9 heteroatoms. The van der Waals surface area contributed by atoms with Gasteiger partial charge < -0.3 is 24.8 Å². The number of rotatable bonds is 9. The summed E-state index contributed by atoms with van der Waals surface area (Å²) in [6.45, 7) is 6.03. The first-order valence-corrected chi connectivity index (χ1v) is 13.9. The van der Waals surface area contributed by atoms with Crippen molar-refractivity contribution >= 4 is 28.7 Å². The smallest absolute Gasteiger partial charge is 0.257 e. The lowest BCUT2D eigenvalue weighted by Gasteiger charge is -2.30. The number of nitrogens with one attached hydrogen (secondary N) is 2. The minimum absolute atomic E-state index is 0.000537. The quantitative estimate of drug-likeness (QED) is 0.307. The Morgan fingerprint density at radius 3 is 2.73 bits per heavy atom. The molecule has 0 spiro atoms. The van der Waals surface area contributed by atoms with Crippen molar-refractivity contribution in [2.24, 2.45) is 0 Å². The molecule has 1 saturated carbocycles. The van der Waals surface area contributed by atoms with E-state index in [1.807, 2.05) is 61.2 Å². The van der Waals surface area contributed by atoms with E-state index in [0.717, 1.165) is 65.8 Å². The molecule has 4 aromatic rings. The van der Waals surface area contributed by atoms with E-state index in [0.29, 0.717) is 29.5 Å². The van der Waals surface area contributed by atoms with Crippen molar-refractivity contribution < 1.29 is 14.3 Å². The molecule has 1 saturated heterocycles. The Balaban J connectivity index is 1.31. The second-order valence-electron chi connectivity index (χ2n) is 10.9. The number of benzene rings is 1. The van der Waals surface area contributed by atoms with Crippen LogP contribution in [0.5, 0.6) is 5.75 Å². The molecule has 1 aliphatic heterocycles. The maximum absolute atomic E-state index is 13.1. The summed E-state index contributed by atoms with van der Waals surface area (Å²) in [5, 5.41) is 4.26. The van der Waals surface area contributed by atoms with Crippen molar-refractivity contribution in [2.75, 3.05) is 25.5 Å². The highest BCUT2D eigenvalue weighted by Gasteiger charge is 2.31. The van der Waals surface area contributed by atoms with Crippen LogP contribution in [0.15, 0.2) is 55.0 Å². The van der Waals surface area contributed by atoms with Crippen LogP contribution in [-0.4, -0.2) is 68.8 Å². The molecular weight excluding hydrogens is 504 g/mol. The molecule has 0 radical (unpaired) electrons. The molecule has 2 aliphatic rings. The Morgan fingerprint density at radius 1 is 1.18 bits per heavy atom. The number of aromatic amines is 1. The van der Waals surface area contributed by atoms with E-state index in [-0.39, 0.29) is 17.9 Å². The fourth-order valence-electron chi connectivity index (χ4n) is 5.04. The highest BCUT2D eigenvalue weighted by molar-refractivity contribution is 6.01. The predicted octanol–water partition coefficient (Wildman–Crippen LogP) is 5.10. The number of anilines is 1. The zero-order valence-corrected chi connectivity index (χ0v) is 23.1. The van der Waals surface area contributed by atoms with Gasteiger partial charge in [0.2, 0.25) is 0 Å². The number of H-pyrrole nitrogens is 1. The lowest BCUT2D eigenvalue weighted by atomic mass is 10.0. The monoisotopic (exact) mass is 538 g/mol.